The number of aromatic amines is 1. The Balaban J connectivity index is 1.67. The van der Waals surface area contributed by atoms with Gasteiger partial charge >= 0.3 is 0 Å². The summed E-state index contributed by atoms with van der Waals surface area (Å²) in [4.78, 5) is 12.1. The second kappa shape index (κ2) is 7.44. The van der Waals surface area contributed by atoms with E-state index in [1.165, 1.54) is 0 Å². The van der Waals surface area contributed by atoms with E-state index in [0.717, 1.165) is 22.4 Å². The second-order valence-corrected chi connectivity index (χ2v) is 5.45. The number of nitrogens with one attached hydrogen (secondary N) is 2. The van der Waals surface area contributed by atoms with Crippen LogP contribution in [0.1, 0.15) is 21.6 Å². The Kier molecular flexibility index (Phi) is 4.89. The van der Waals surface area contributed by atoms with Gasteiger partial charge in [-0.2, -0.15) is 10.2 Å². The second-order valence-electron chi connectivity index (χ2n) is 5.45. The van der Waals surface area contributed by atoms with Crippen molar-refractivity contribution in [3.8, 4) is 17.0 Å². The molecule has 0 saturated heterocycles. The van der Waals surface area contributed by atoms with Crippen LogP contribution in [0.15, 0.2) is 59.7 Å². The van der Waals surface area contributed by atoms with Gasteiger partial charge < -0.3 is 4.74 Å². The molecule has 1 amide bonds. The number of methoxy groups -OCH3 is 1. The van der Waals surface area contributed by atoms with Gasteiger partial charge in [0.05, 0.1) is 19.0 Å². The molecule has 0 atom stereocenters. The third-order valence-electron chi connectivity index (χ3n) is 3.77. The van der Waals surface area contributed by atoms with Crippen LogP contribution in [-0.4, -0.2) is 29.4 Å². The van der Waals surface area contributed by atoms with Crippen molar-refractivity contribution in [2.75, 3.05) is 7.11 Å². The minimum atomic E-state index is -0.350. The molecule has 0 aliphatic heterocycles. The van der Waals surface area contributed by atoms with E-state index in [9.17, 15) is 4.79 Å². The maximum Gasteiger partial charge on any atom is 0.289 e. The third-order valence-corrected chi connectivity index (χ3v) is 3.77. The Labute approximate surface area is 145 Å². The molecule has 6 nitrogen and oxygen atoms in total. The number of amides is 1. The number of nitrogens with zero attached hydrogens (tertiary/aromatic N) is 2. The summed E-state index contributed by atoms with van der Waals surface area (Å²) in [5, 5.41) is 10.9. The van der Waals surface area contributed by atoms with Crippen LogP contribution in [0.5, 0.6) is 5.75 Å². The number of hydrogen-bond donors (Lipinski definition) is 2. The van der Waals surface area contributed by atoms with Crippen molar-refractivity contribution >= 4 is 12.1 Å². The number of hydrogen-bond acceptors (Lipinski definition) is 4. The van der Waals surface area contributed by atoms with Gasteiger partial charge in [0.2, 0.25) is 0 Å². The Bertz CT molecular complexity index is 898. The van der Waals surface area contributed by atoms with E-state index in [2.05, 4.69) is 20.7 Å². The van der Waals surface area contributed by atoms with Crippen LogP contribution in [0.2, 0.25) is 0 Å². The number of hydrazone groups is 1. The first-order valence-electron chi connectivity index (χ1n) is 7.76. The lowest BCUT2D eigenvalue weighted by atomic mass is 10.1. The van der Waals surface area contributed by atoms with Gasteiger partial charge in [0.25, 0.3) is 5.91 Å². The molecule has 25 heavy (non-hydrogen) atoms. The van der Waals surface area contributed by atoms with E-state index in [0.29, 0.717) is 11.4 Å². The Morgan fingerprint density at radius 2 is 1.96 bits per heavy atom. The first kappa shape index (κ1) is 16.4. The lowest BCUT2D eigenvalue weighted by molar-refractivity contribution is 0.0950. The van der Waals surface area contributed by atoms with Gasteiger partial charge in [-0.25, -0.2) is 5.43 Å². The van der Waals surface area contributed by atoms with E-state index >= 15 is 0 Å². The van der Waals surface area contributed by atoms with Crippen LogP contribution in [0.3, 0.4) is 0 Å². The average Bonchev–Trinajstić information content (AvgIpc) is 3.13. The molecule has 0 bridgehead atoms. The minimum Gasteiger partial charge on any atom is -0.497 e. The van der Waals surface area contributed by atoms with Crippen molar-refractivity contribution in [2.24, 2.45) is 5.10 Å². The summed E-state index contributed by atoms with van der Waals surface area (Å²) in [5.41, 5.74) is 6.44. The fraction of sp³-hybridized carbons (Fsp3) is 0.105. The molecule has 0 aliphatic rings. The molecule has 0 fully saturated rings. The van der Waals surface area contributed by atoms with Crippen LogP contribution < -0.4 is 10.2 Å². The lowest BCUT2D eigenvalue weighted by Gasteiger charge is -2.00. The molecule has 0 saturated carbocycles. The summed E-state index contributed by atoms with van der Waals surface area (Å²) in [6.45, 7) is 1.99. The van der Waals surface area contributed by atoms with Crippen LogP contribution in [0, 0.1) is 6.92 Å². The molecular weight excluding hydrogens is 316 g/mol. The molecule has 0 radical (unpaired) electrons. The summed E-state index contributed by atoms with van der Waals surface area (Å²) >= 11 is 0. The third kappa shape index (κ3) is 3.92. The van der Waals surface area contributed by atoms with Crippen molar-refractivity contribution in [2.45, 2.75) is 6.92 Å². The highest BCUT2D eigenvalue weighted by Crippen LogP contribution is 2.21. The molecule has 2 N–H and O–H groups in total. The number of carbonyl (C=O) groups excluding carboxylic acids is 1. The van der Waals surface area contributed by atoms with E-state index in [1.807, 2.05) is 55.5 Å². The van der Waals surface area contributed by atoms with Crippen molar-refractivity contribution in [1.29, 1.82) is 0 Å². The first-order chi connectivity index (χ1) is 12.2. The van der Waals surface area contributed by atoms with E-state index in [1.54, 1.807) is 19.4 Å². The zero-order chi connectivity index (χ0) is 17.6. The Hall–Kier alpha value is -3.41. The van der Waals surface area contributed by atoms with E-state index < -0.39 is 0 Å². The monoisotopic (exact) mass is 334 g/mol. The van der Waals surface area contributed by atoms with Crippen LogP contribution in [0.4, 0.5) is 0 Å². The Morgan fingerprint density at radius 3 is 2.68 bits per heavy atom. The first-order valence-corrected chi connectivity index (χ1v) is 7.76. The zero-order valence-electron chi connectivity index (χ0n) is 14.0. The van der Waals surface area contributed by atoms with Gasteiger partial charge in [-0.15, -0.1) is 0 Å². The quantitative estimate of drug-likeness (QED) is 0.556. The van der Waals surface area contributed by atoms with Gasteiger partial charge in [-0.05, 0) is 48.4 Å². The average molecular weight is 334 g/mol. The highest BCUT2D eigenvalue weighted by molar-refractivity contribution is 5.94. The number of H-pyrrole nitrogens is 1. The summed E-state index contributed by atoms with van der Waals surface area (Å²) in [7, 11) is 1.61. The number of benzene rings is 2. The number of aromatic nitrogens is 2. The molecule has 0 unspecified atom stereocenters. The van der Waals surface area contributed by atoms with E-state index in [4.69, 9.17) is 4.74 Å². The van der Waals surface area contributed by atoms with Crippen LogP contribution in [-0.2, 0) is 0 Å². The van der Waals surface area contributed by atoms with Gasteiger partial charge in [0.15, 0.2) is 0 Å². The Morgan fingerprint density at radius 1 is 1.20 bits per heavy atom. The minimum absolute atomic E-state index is 0.341. The van der Waals surface area contributed by atoms with Crippen LogP contribution >= 0.6 is 0 Å². The molecule has 0 aliphatic carbocycles. The van der Waals surface area contributed by atoms with Crippen molar-refractivity contribution < 1.29 is 9.53 Å². The predicted octanol–water partition coefficient (Wildman–Crippen LogP) is 3.16. The van der Waals surface area contributed by atoms with Crippen molar-refractivity contribution in [3.05, 3.63) is 71.4 Å². The number of rotatable bonds is 5. The largest absolute Gasteiger partial charge is 0.497 e. The van der Waals surface area contributed by atoms with Crippen molar-refractivity contribution in [3.63, 3.8) is 0 Å². The van der Waals surface area contributed by atoms with Gasteiger partial charge in [-0.3, -0.25) is 9.89 Å². The summed E-state index contributed by atoms with van der Waals surface area (Å²) < 4.78 is 5.13. The normalized spacial score (nSPS) is 10.8. The fourth-order valence-corrected chi connectivity index (χ4v) is 2.30. The molecule has 3 aromatic rings. The van der Waals surface area contributed by atoms with Crippen LogP contribution in [0.25, 0.3) is 11.3 Å². The highest BCUT2D eigenvalue weighted by Gasteiger charge is 2.10. The van der Waals surface area contributed by atoms with Gasteiger partial charge in [0, 0.05) is 5.56 Å². The molecule has 2 aromatic carbocycles. The molecule has 6 heteroatoms. The van der Waals surface area contributed by atoms with E-state index in [-0.39, 0.29) is 5.91 Å². The number of ether oxygens (including phenoxy) is 1. The molecule has 1 aromatic heterocycles. The van der Waals surface area contributed by atoms with Gasteiger partial charge in [-0.1, -0.05) is 24.3 Å². The molecular formula is C19H18N4O2. The molecule has 3 rings (SSSR count). The standard InChI is InChI=1S/C19H18N4O2/c1-13-5-3-4-6-15(13)12-20-23-19(24)18-11-17(21-22-18)14-7-9-16(25-2)10-8-14/h3-12H,1-2H3,(H,21,22)(H,23,24)/b20-12+. The summed E-state index contributed by atoms with van der Waals surface area (Å²) in [5.74, 6) is 0.417. The SMILES string of the molecule is COc1ccc(-c2cc(C(=O)N/N=C/c3ccccc3C)[nH]n2)cc1. The lowest BCUT2D eigenvalue weighted by Crippen LogP contribution is -2.18. The molecule has 1 heterocycles. The van der Waals surface area contributed by atoms with Crippen molar-refractivity contribution in [1.82, 2.24) is 15.6 Å². The maximum absolute atomic E-state index is 12.1. The highest BCUT2D eigenvalue weighted by atomic mass is 16.5. The topological polar surface area (TPSA) is 79.4 Å². The smallest absolute Gasteiger partial charge is 0.289 e. The number of carbonyl (C=O) groups is 1. The summed E-state index contributed by atoms with van der Waals surface area (Å²) in [6.07, 6.45) is 1.62. The zero-order valence-corrected chi connectivity index (χ0v) is 14.0. The number of aryl methyl sites for hydroxylation is 1. The molecule has 126 valence electrons. The van der Waals surface area contributed by atoms with Gasteiger partial charge in [0.1, 0.15) is 11.4 Å². The summed E-state index contributed by atoms with van der Waals surface area (Å²) in [6, 6.07) is 16.9. The fourth-order valence-electron chi connectivity index (χ4n) is 2.30. The predicted molar refractivity (Wildman–Crippen MR) is 96.8 cm³/mol. The molecule has 0 spiro atoms. The maximum atomic E-state index is 12.1.